The predicted molar refractivity (Wildman–Crippen MR) is 136 cm³/mol. The molecule has 2 aromatic carbocycles. The van der Waals surface area contributed by atoms with Gasteiger partial charge < -0.3 is 15.1 Å². The molecule has 6 nitrogen and oxygen atoms in total. The molecule has 1 fully saturated rings. The van der Waals surface area contributed by atoms with E-state index in [1.807, 2.05) is 52.7 Å². The van der Waals surface area contributed by atoms with Gasteiger partial charge in [0.25, 0.3) is 5.91 Å². The molecule has 1 aliphatic rings. The monoisotopic (exact) mass is 472 g/mol. The molecule has 1 N–H and O–H groups in total. The summed E-state index contributed by atoms with van der Waals surface area (Å²) < 4.78 is 0. The lowest BCUT2D eigenvalue weighted by Crippen LogP contribution is -2.35. The molecule has 0 bridgehead atoms. The molecule has 34 heavy (non-hydrogen) atoms. The van der Waals surface area contributed by atoms with Crippen molar-refractivity contribution in [1.29, 1.82) is 5.26 Å². The van der Waals surface area contributed by atoms with E-state index >= 15 is 0 Å². The Bertz CT molecular complexity index is 1150. The molecule has 0 radical (unpaired) electrons. The van der Waals surface area contributed by atoms with Crippen LogP contribution in [0, 0.1) is 11.3 Å². The second-order valence-electron chi connectivity index (χ2n) is 8.35. The molecule has 3 aromatic rings. The molecular weight excluding hydrogens is 444 g/mol. The van der Waals surface area contributed by atoms with Crippen LogP contribution in [0.15, 0.2) is 66.0 Å². The molecule has 4 rings (SSSR count). The SMILES string of the molecule is N#Cc1ccc(N2CCCN(C(=O)c3cccc(NC(=O)CCCc4cccs4)c3)CC2)cc1. The third-order valence-corrected chi connectivity index (χ3v) is 6.88. The van der Waals surface area contributed by atoms with Crippen LogP contribution < -0.4 is 10.2 Å². The number of hydrogen-bond donors (Lipinski definition) is 1. The van der Waals surface area contributed by atoms with Gasteiger partial charge in [-0.3, -0.25) is 9.59 Å². The summed E-state index contributed by atoms with van der Waals surface area (Å²) in [6.07, 6.45) is 3.02. The van der Waals surface area contributed by atoms with Crippen LogP contribution in [0.25, 0.3) is 0 Å². The molecule has 174 valence electrons. The van der Waals surface area contributed by atoms with Crippen LogP contribution in [0.2, 0.25) is 0 Å². The van der Waals surface area contributed by atoms with E-state index in [4.69, 9.17) is 5.26 Å². The number of nitriles is 1. The Morgan fingerprint density at radius 1 is 1.00 bits per heavy atom. The van der Waals surface area contributed by atoms with E-state index in [9.17, 15) is 9.59 Å². The first-order chi connectivity index (χ1) is 16.6. The van der Waals surface area contributed by atoms with Crippen LogP contribution in [0.4, 0.5) is 11.4 Å². The molecule has 7 heteroatoms. The van der Waals surface area contributed by atoms with Gasteiger partial charge >= 0.3 is 0 Å². The van der Waals surface area contributed by atoms with E-state index in [-0.39, 0.29) is 11.8 Å². The van der Waals surface area contributed by atoms with Crippen molar-refractivity contribution in [2.75, 3.05) is 36.4 Å². The number of anilines is 2. The van der Waals surface area contributed by atoms with Gasteiger partial charge in [-0.15, -0.1) is 11.3 Å². The quantitative estimate of drug-likeness (QED) is 0.529. The maximum Gasteiger partial charge on any atom is 0.253 e. The van der Waals surface area contributed by atoms with E-state index in [1.54, 1.807) is 23.5 Å². The fourth-order valence-electron chi connectivity index (χ4n) is 4.14. The number of rotatable bonds is 7. The van der Waals surface area contributed by atoms with E-state index in [2.05, 4.69) is 22.4 Å². The van der Waals surface area contributed by atoms with Crippen molar-refractivity contribution in [2.45, 2.75) is 25.7 Å². The van der Waals surface area contributed by atoms with Gasteiger partial charge in [0.05, 0.1) is 11.6 Å². The summed E-state index contributed by atoms with van der Waals surface area (Å²) in [4.78, 5) is 31.0. The van der Waals surface area contributed by atoms with E-state index in [0.717, 1.165) is 38.0 Å². The highest BCUT2D eigenvalue weighted by atomic mass is 32.1. The van der Waals surface area contributed by atoms with Gasteiger partial charge in [-0.1, -0.05) is 12.1 Å². The summed E-state index contributed by atoms with van der Waals surface area (Å²) in [6, 6.07) is 21.0. The van der Waals surface area contributed by atoms with E-state index < -0.39 is 0 Å². The molecule has 1 aromatic heterocycles. The normalized spacial score (nSPS) is 13.7. The Hall–Kier alpha value is -3.63. The van der Waals surface area contributed by atoms with Crippen LogP contribution >= 0.6 is 11.3 Å². The number of nitrogens with zero attached hydrogens (tertiary/aromatic N) is 3. The van der Waals surface area contributed by atoms with E-state index in [1.165, 1.54) is 4.88 Å². The van der Waals surface area contributed by atoms with Crippen LogP contribution in [-0.4, -0.2) is 42.9 Å². The molecule has 2 heterocycles. The summed E-state index contributed by atoms with van der Waals surface area (Å²) in [7, 11) is 0. The Labute approximate surface area is 204 Å². The molecule has 1 saturated heterocycles. The van der Waals surface area contributed by atoms with Gasteiger partial charge in [-0.05, 0) is 73.2 Å². The number of nitrogens with one attached hydrogen (secondary N) is 1. The summed E-state index contributed by atoms with van der Waals surface area (Å²) in [5.74, 6) is -0.0514. The maximum atomic E-state index is 13.2. The minimum absolute atomic E-state index is 0.0181. The van der Waals surface area contributed by atoms with Gasteiger partial charge in [-0.25, -0.2) is 0 Å². The van der Waals surface area contributed by atoms with E-state index in [0.29, 0.717) is 36.3 Å². The average molecular weight is 473 g/mol. The Morgan fingerprint density at radius 2 is 1.85 bits per heavy atom. The second-order valence-corrected chi connectivity index (χ2v) is 9.39. The number of thiophene rings is 1. The van der Waals surface area contributed by atoms with Crippen molar-refractivity contribution < 1.29 is 9.59 Å². The van der Waals surface area contributed by atoms with Crippen LogP contribution in [-0.2, 0) is 11.2 Å². The topological polar surface area (TPSA) is 76.4 Å². The largest absolute Gasteiger partial charge is 0.370 e. The summed E-state index contributed by atoms with van der Waals surface area (Å²) >= 11 is 1.71. The number of amides is 2. The first kappa shape index (κ1) is 23.5. The van der Waals surface area contributed by atoms with Crippen LogP contribution in [0.3, 0.4) is 0 Å². The number of benzene rings is 2. The van der Waals surface area contributed by atoms with Crippen molar-refractivity contribution in [3.63, 3.8) is 0 Å². The van der Waals surface area contributed by atoms with Crippen molar-refractivity contribution in [3.8, 4) is 6.07 Å². The van der Waals surface area contributed by atoms with Gasteiger partial charge in [0.15, 0.2) is 0 Å². The van der Waals surface area contributed by atoms with Gasteiger partial charge in [0.1, 0.15) is 0 Å². The zero-order chi connectivity index (χ0) is 23.8. The molecule has 0 spiro atoms. The Kier molecular flexibility index (Phi) is 7.95. The standard InChI is InChI=1S/C27H28N4O2S/c28-20-21-10-12-24(13-11-21)30-14-4-15-31(17-16-30)27(33)22-5-1-6-23(19-22)29-26(32)9-2-7-25-8-3-18-34-25/h1,3,5-6,8,10-13,18-19H,2,4,7,9,14-17H2,(H,29,32). The van der Waals surface area contributed by atoms with Crippen molar-refractivity contribution >= 4 is 34.5 Å². The lowest BCUT2D eigenvalue weighted by molar-refractivity contribution is -0.116. The maximum absolute atomic E-state index is 13.2. The summed E-state index contributed by atoms with van der Waals surface area (Å²) in [5, 5.41) is 14.0. The zero-order valence-electron chi connectivity index (χ0n) is 19.1. The molecular formula is C27H28N4O2S. The Balaban J connectivity index is 1.31. The number of hydrogen-bond acceptors (Lipinski definition) is 5. The first-order valence-electron chi connectivity index (χ1n) is 11.6. The molecule has 0 atom stereocenters. The Morgan fingerprint density at radius 3 is 2.62 bits per heavy atom. The van der Waals surface area contributed by atoms with Crippen LogP contribution in [0.1, 0.15) is 40.1 Å². The number of carbonyl (C=O) groups excluding carboxylic acids is 2. The lowest BCUT2D eigenvalue weighted by atomic mass is 10.1. The molecule has 1 aliphatic heterocycles. The minimum atomic E-state index is -0.0333. The van der Waals surface area contributed by atoms with Crippen molar-refractivity contribution in [2.24, 2.45) is 0 Å². The fourth-order valence-corrected chi connectivity index (χ4v) is 4.89. The summed E-state index contributed by atoms with van der Waals surface area (Å²) in [6.45, 7) is 2.90. The minimum Gasteiger partial charge on any atom is -0.370 e. The smallest absolute Gasteiger partial charge is 0.253 e. The number of carbonyl (C=O) groups is 2. The molecule has 0 unspecified atom stereocenters. The summed E-state index contributed by atoms with van der Waals surface area (Å²) in [5.41, 5.74) is 2.95. The molecule has 0 aliphatic carbocycles. The third-order valence-electron chi connectivity index (χ3n) is 5.95. The fraction of sp³-hybridized carbons (Fsp3) is 0.296. The highest BCUT2D eigenvalue weighted by Crippen LogP contribution is 2.19. The first-order valence-corrected chi connectivity index (χ1v) is 12.5. The predicted octanol–water partition coefficient (Wildman–Crippen LogP) is 4.93. The highest BCUT2D eigenvalue weighted by molar-refractivity contribution is 7.09. The number of aryl methyl sites for hydroxylation is 1. The molecule has 0 saturated carbocycles. The second kappa shape index (κ2) is 11.5. The highest BCUT2D eigenvalue weighted by Gasteiger charge is 2.21. The van der Waals surface area contributed by atoms with Gasteiger partial charge in [0.2, 0.25) is 5.91 Å². The average Bonchev–Trinajstić information content (AvgIpc) is 3.26. The zero-order valence-corrected chi connectivity index (χ0v) is 19.9. The third kappa shape index (κ3) is 6.24. The van der Waals surface area contributed by atoms with Gasteiger partial charge in [-0.2, -0.15) is 5.26 Å². The van der Waals surface area contributed by atoms with Crippen molar-refractivity contribution in [3.05, 3.63) is 82.0 Å². The van der Waals surface area contributed by atoms with Crippen molar-refractivity contribution in [1.82, 2.24) is 4.90 Å². The van der Waals surface area contributed by atoms with Crippen LogP contribution in [0.5, 0.6) is 0 Å². The van der Waals surface area contributed by atoms with Gasteiger partial charge in [0, 0.05) is 54.4 Å². The lowest BCUT2D eigenvalue weighted by Gasteiger charge is -2.24. The molecule has 2 amide bonds.